The molecule has 0 aromatic rings. The highest BCUT2D eigenvalue weighted by molar-refractivity contribution is 6.78. The van der Waals surface area contributed by atoms with Crippen LogP contribution in [0.2, 0.25) is 26.2 Å². The molecule has 3 nitrogen and oxygen atoms in total. The normalized spacial score (nSPS) is 19.8. The minimum absolute atomic E-state index is 0.438. The maximum Gasteiger partial charge on any atom is 0.323 e. The summed E-state index contributed by atoms with van der Waals surface area (Å²) in [5, 5.41) is 0. The van der Waals surface area contributed by atoms with Gasteiger partial charge in [-0.15, -0.1) is 0 Å². The Morgan fingerprint density at radius 2 is 1.47 bits per heavy atom. The highest BCUT2D eigenvalue weighted by Crippen LogP contribution is 2.26. The monoisotopic (exact) mass is 248 g/mol. The number of rotatable bonds is 5. The van der Waals surface area contributed by atoms with Gasteiger partial charge in [0, 0.05) is 13.2 Å². The van der Waals surface area contributed by atoms with E-state index in [4.69, 9.17) is 13.0 Å². The molecule has 0 aromatic carbocycles. The van der Waals surface area contributed by atoms with Crippen molar-refractivity contribution in [2.45, 2.75) is 58.0 Å². The quantitative estimate of drug-likeness (QED) is 0.700. The molecule has 1 rings (SSSR count). The van der Waals surface area contributed by atoms with Crippen molar-refractivity contribution in [3.63, 3.8) is 0 Å². The van der Waals surface area contributed by atoms with Crippen molar-refractivity contribution in [1.82, 2.24) is 0 Å². The van der Waals surface area contributed by atoms with Gasteiger partial charge in [0.25, 0.3) is 0 Å². The molecule has 0 unspecified atom stereocenters. The Morgan fingerprint density at radius 1 is 0.933 bits per heavy atom. The van der Waals surface area contributed by atoms with Gasteiger partial charge in [0.2, 0.25) is 0 Å². The summed E-state index contributed by atoms with van der Waals surface area (Å²) >= 11 is 0. The summed E-state index contributed by atoms with van der Waals surface area (Å²) in [4.78, 5) is 0. The van der Waals surface area contributed by atoms with E-state index in [0.29, 0.717) is 6.10 Å². The molecule has 0 atom stereocenters. The van der Waals surface area contributed by atoms with Gasteiger partial charge in [-0.25, -0.2) is 0 Å². The van der Waals surface area contributed by atoms with Crippen molar-refractivity contribution in [2.75, 3.05) is 7.11 Å². The summed E-state index contributed by atoms with van der Waals surface area (Å²) in [5.41, 5.74) is 0. The van der Waals surface area contributed by atoms with Gasteiger partial charge in [-0.3, -0.25) is 0 Å². The molecule has 0 aliphatic heterocycles. The molecule has 0 saturated heterocycles. The van der Waals surface area contributed by atoms with Gasteiger partial charge in [-0.1, -0.05) is 12.8 Å². The predicted molar refractivity (Wildman–Crippen MR) is 66.4 cm³/mol. The lowest BCUT2D eigenvalue weighted by atomic mass is 10.3. The molecule has 0 bridgehead atoms. The summed E-state index contributed by atoms with van der Waals surface area (Å²) < 4.78 is 17.6. The van der Waals surface area contributed by atoms with Crippen molar-refractivity contribution in [3.8, 4) is 0 Å². The van der Waals surface area contributed by atoms with E-state index in [2.05, 4.69) is 26.2 Å². The fraction of sp³-hybridized carbons (Fsp3) is 1.00. The first-order valence-corrected chi connectivity index (χ1v) is 11.4. The standard InChI is InChI=1S/C10H24O3Si2/c1-11-14(2,3)13-15(4,5)12-10-8-6-7-9-10/h10H,6-9H2,1-5H3. The summed E-state index contributed by atoms with van der Waals surface area (Å²) in [7, 11) is -2.21. The first-order valence-electron chi connectivity index (χ1n) is 5.78. The summed E-state index contributed by atoms with van der Waals surface area (Å²) in [5.74, 6) is 0. The highest BCUT2D eigenvalue weighted by Gasteiger charge is 2.37. The Morgan fingerprint density at radius 3 is 1.93 bits per heavy atom. The largest absolute Gasteiger partial charge is 0.415 e. The van der Waals surface area contributed by atoms with E-state index in [1.807, 2.05) is 0 Å². The van der Waals surface area contributed by atoms with E-state index in [9.17, 15) is 0 Å². The van der Waals surface area contributed by atoms with Crippen molar-refractivity contribution < 1.29 is 13.0 Å². The molecule has 90 valence electrons. The topological polar surface area (TPSA) is 27.7 Å². The molecular weight excluding hydrogens is 224 g/mol. The van der Waals surface area contributed by atoms with Gasteiger partial charge in [0.15, 0.2) is 0 Å². The van der Waals surface area contributed by atoms with Crippen LogP contribution < -0.4 is 0 Å². The molecule has 0 spiro atoms. The van der Waals surface area contributed by atoms with Crippen LogP contribution in [0.15, 0.2) is 0 Å². The van der Waals surface area contributed by atoms with Crippen molar-refractivity contribution in [1.29, 1.82) is 0 Å². The Bertz CT molecular complexity index is 201. The minimum atomic E-state index is -1.99. The van der Waals surface area contributed by atoms with Crippen LogP contribution in [0.25, 0.3) is 0 Å². The molecule has 5 heteroatoms. The Hall–Kier alpha value is 0.314. The van der Waals surface area contributed by atoms with Crippen LogP contribution in [0.4, 0.5) is 0 Å². The zero-order valence-electron chi connectivity index (χ0n) is 10.6. The van der Waals surface area contributed by atoms with Gasteiger partial charge < -0.3 is 13.0 Å². The first kappa shape index (κ1) is 13.4. The van der Waals surface area contributed by atoms with E-state index in [1.165, 1.54) is 25.7 Å². The van der Waals surface area contributed by atoms with Crippen LogP contribution >= 0.6 is 0 Å². The predicted octanol–water partition coefficient (Wildman–Crippen LogP) is 3.01. The zero-order valence-corrected chi connectivity index (χ0v) is 12.6. The maximum absolute atomic E-state index is 6.11. The highest BCUT2D eigenvalue weighted by atomic mass is 28.5. The number of hydrogen-bond acceptors (Lipinski definition) is 3. The summed E-state index contributed by atoms with van der Waals surface area (Å²) in [6.45, 7) is 8.39. The fourth-order valence-corrected chi connectivity index (χ4v) is 8.36. The molecule has 1 aliphatic rings. The van der Waals surface area contributed by atoms with Gasteiger partial charge in [-0.2, -0.15) is 0 Å². The van der Waals surface area contributed by atoms with Crippen molar-refractivity contribution in [2.24, 2.45) is 0 Å². The van der Waals surface area contributed by atoms with Crippen LogP contribution in [0, 0.1) is 0 Å². The SMILES string of the molecule is CO[Si](C)(C)O[Si](C)(C)OC1CCCC1. The molecular formula is C10H24O3Si2. The van der Waals surface area contributed by atoms with E-state index in [1.54, 1.807) is 7.11 Å². The maximum atomic E-state index is 6.11. The Labute approximate surface area is 95.6 Å². The van der Waals surface area contributed by atoms with Gasteiger partial charge in [0.1, 0.15) is 0 Å². The second-order valence-electron chi connectivity index (χ2n) is 5.13. The lowest BCUT2D eigenvalue weighted by molar-refractivity contribution is 0.150. The van der Waals surface area contributed by atoms with Gasteiger partial charge in [-0.05, 0) is 39.0 Å². The third-order valence-electron chi connectivity index (χ3n) is 2.74. The molecule has 0 radical (unpaired) electrons. The van der Waals surface area contributed by atoms with Crippen LogP contribution in [-0.2, 0) is 13.0 Å². The fourth-order valence-electron chi connectivity index (χ4n) is 2.07. The van der Waals surface area contributed by atoms with Crippen LogP contribution in [0.3, 0.4) is 0 Å². The molecule has 15 heavy (non-hydrogen) atoms. The zero-order chi connectivity index (χ0) is 11.5. The second-order valence-corrected chi connectivity index (χ2v) is 12.2. The molecule has 0 heterocycles. The third kappa shape index (κ3) is 4.78. The smallest absolute Gasteiger partial charge is 0.323 e. The van der Waals surface area contributed by atoms with Gasteiger partial charge in [0.05, 0.1) is 0 Å². The van der Waals surface area contributed by atoms with Crippen LogP contribution in [-0.4, -0.2) is 30.3 Å². The molecule has 1 fully saturated rings. The van der Waals surface area contributed by atoms with E-state index in [-0.39, 0.29) is 0 Å². The third-order valence-corrected chi connectivity index (χ3v) is 8.55. The first-order chi connectivity index (χ1) is 6.85. The lowest BCUT2D eigenvalue weighted by Crippen LogP contribution is -2.49. The molecule has 0 N–H and O–H groups in total. The van der Waals surface area contributed by atoms with E-state index in [0.717, 1.165) is 0 Å². The average molecular weight is 248 g/mol. The van der Waals surface area contributed by atoms with E-state index < -0.39 is 17.1 Å². The molecule has 0 aromatic heterocycles. The summed E-state index contributed by atoms with van der Waals surface area (Å²) in [6, 6.07) is 0. The number of hydrogen-bond donors (Lipinski definition) is 0. The van der Waals surface area contributed by atoms with Crippen molar-refractivity contribution >= 4 is 17.1 Å². The van der Waals surface area contributed by atoms with Crippen LogP contribution in [0.5, 0.6) is 0 Å². The molecule has 1 aliphatic carbocycles. The molecule has 0 amide bonds. The Balaban J connectivity index is 2.43. The summed E-state index contributed by atoms with van der Waals surface area (Å²) in [6.07, 6.45) is 5.46. The minimum Gasteiger partial charge on any atom is -0.415 e. The lowest BCUT2D eigenvalue weighted by Gasteiger charge is -2.33. The van der Waals surface area contributed by atoms with Crippen molar-refractivity contribution in [3.05, 3.63) is 0 Å². The van der Waals surface area contributed by atoms with Crippen LogP contribution in [0.1, 0.15) is 25.7 Å². The van der Waals surface area contributed by atoms with Gasteiger partial charge >= 0.3 is 17.1 Å². The second kappa shape index (κ2) is 5.10. The molecule has 1 saturated carbocycles. The van der Waals surface area contributed by atoms with E-state index >= 15 is 0 Å². The average Bonchev–Trinajstić information content (AvgIpc) is 2.54. The Kier molecular flexibility index (Phi) is 4.55.